The third kappa shape index (κ3) is 7.32. The van der Waals surface area contributed by atoms with Gasteiger partial charge < -0.3 is 30.7 Å². The minimum atomic E-state index is -0.359. The lowest BCUT2D eigenvalue weighted by Gasteiger charge is -2.26. The molecule has 14 heteroatoms. The Morgan fingerprint density at radius 3 is 1.88 bits per heavy atom. The van der Waals surface area contributed by atoms with Crippen LogP contribution in [0.25, 0.3) is 26.7 Å². The molecule has 4 N–H and O–H groups in total. The zero-order valence-electron chi connectivity index (χ0n) is 33.6. The summed E-state index contributed by atoms with van der Waals surface area (Å²) >= 11 is 0. The van der Waals surface area contributed by atoms with Crippen molar-refractivity contribution in [2.75, 3.05) is 18.0 Å². The van der Waals surface area contributed by atoms with Gasteiger partial charge in [-0.2, -0.15) is 5.26 Å². The van der Waals surface area contributed by atoms with Crippen molar-refractivity contribution in [1.29, 1.82) is 5.26 Å². The van der Waals surface area contributed by atoms with Crippen LogP contribution in [0.5, 0.6) is 0 Å². The summed E-state index contributed by atoms with van der Waals surface area (Å²) in [6, 6.07) is 23.2. The summed E-state index contributed by atoms with van der Waals surface area (Å²) in [5.41, 5.74) is 21.2. The van der Waals surface area contributed by atoms with E-state index in [0.29, 0.717) is 64.9 Å². The molecule has 3 aliphatic rings. The second kappa shape index (κ2) is 15.6. The van der Waals surface area contributed by atoms with E-state index in [1.807, 2.05) is 68.1 Å². The highest BCUT2D eigenvalue weighted by Gasteiger charge is 2.34. The molecule has 9 rings (SSSR count). The fourth-order valence-electron chi connectivity index (χ4n) is 8.19. The Labute approximate surface area is 346 Å². The zero-order valence-corrected chi connectivity index (χ0v) is 33.6. The number of rotatable bonds is 9. The van der Waals surface area contributed by atoms with E-state index in [0.717, 1.165) is 57.1 Å². The number of fused-ring (bicyclic) bond motifs is 6. The summed E-state index contributed by atoms with van der Waals surface area (Å²) in [7, 11) is 0. The van der Waals surface area contributed by atoms with Crippen molar-refractivity contribution in [3.8, 4) is 12.1 Å². The molecule has 1 saturated carbocycles. The average Bonchev–Trinajstić information content (AvgIpc) is 3.91. The molecule has 1 aliphatic carbocycles. The second-order valence-electron chi connectivity index (χ2n) is 15.7. The smallest absolute Gasteiger partial charge is 0.312 e. The van der Waals surface area contributed by atoms with E-state index < -0.39 is 0 Å². The maximum atomic E-state index is 14.3. The number of ether oxygens (including phenoxy) is 2. The molecule has 2 amide bonds. The van der Waals surface area contributed by atoms with Gasteiger partial charge in [-0.15, -0.1) is 0 Å². The first kappa shape index (κ1) is 38.5. The summed E-state index contributed by atoms with van der Waals surface area (Å²) < 4.78 is 11.7. The number of anilines is 2. The Balaban J connectivity index is 0.912. The number of benzene rings is 2. The molecule has 300 valence electrons. The van der Waals surface area contributed by atoms with E-state index in [4.69, 9.17) is 20.9 Å². The van der Waals surface area contributed by atoms with Crippen molar-refractivity contribution < 1.29 is 19.1 Å². The topological polar surface area (TPSA) is 191 Å². The quantitative estimate of drug-likeness (QED) is 0.153. The van der Waals surface area contributed by atoms with Crippen LogP contribution < -0.4 is 11.5 Å². The van der Waals surface area contributed by atoms with Crippen molar-refractivity contribution in [3.05, 3.63) is 134 Å². The summed E-state index contributed by atoms with van der Waals surface area (Å²) in [6.45, 7) is 7.47. The maximum Gasteiger partial charge on any atom is 0.312 e. The number of nitrogen functional groups attached to an aromatic ring is 2. The minimum Gasteiger partial charge on any atom is -0.383 e. The first-order chi connectivity index (χ1) is 29.1. The lowest BCUT2D eigenvalue weighted by Crippen LogP contribution is -2.39. The molecule has 1 unspecified atom stereocenters. The van der Waals surface area contributed by atoms with Gasteiger partial charge in [-0.1, -0.05) is 4.85 Å². The number of nitriles is 1. The molecule has 2 aliphatic heterocycles. The standard InChI is InChI=1S/C46H42N10O4/c1-25(55(21-32-8-4-28(16-47)19-51-32)45(57)30-6-12-39-35(14-30)37-23-59-26(2)41(37)43(48)53-39)17-50-18-29-5-9-33(52-20-29)22-56(34-10-11-34)46(58)31-7-13-40-36(15-31)38-24-60-27(3)42(38)44(49)54-40/h4-9,12-15,19-20,25-27,34H,10-11,17,21-24H2,1-3H3,(H3-,48,49,53,54,57,58)/p+1/t25?,26-,27-/m1/s1. The van der Waals surface area contributed by atoms with Gasteiger partial charge in [0.25, 0.3) is 18.4 Å². The SMILES string of the molecule is CC(C[N+]#Cc1ccc(CN(C(=O)c2ccc3nc(N)c4c(c3c2)CO[C@@H]4C)C2CC2)nc1)N(Cc1ccc(C#N)cn1)C(=O)c1ccc2nc(N)c3c(c2c1)CO[C@@H]3C. The number of aromatic nitrogens is 4. The second-order valence-corrected chi connectivity index (χ2v) is 15.7. The lowest BCUT2D eigenvalue weighted by molar-refractivity contribution is 0.0684. The average molecular weight is 800 g/mol. The van der Waals surface area contributed by atoms with Crippen molar-refractivity contribution >= 4 is 45.3 Å². The van der Waals surface area contributed by atoms with Gasteiger partial charge >= 0.3 is 6.07 Å². The highest BCUT2D eigenvalue weighted by molar-refractivity contribution is 6.00. The predicted octanol–water partition coefficient (Wildman–Crippen LogP) is 7.01. The molecule has 0 spiro atoms. The number of carbonyl (C=O) groups excluding carboxylic acids is 2. The van der Waals surface area contributed by atoms with Crippen molar-refractivity contribution in [1.82, 2.24) is 29.7 Å². The minimum absolute atomic E-state index is 0.0576. The van der Waals surface area contributed by atoms with E-state index in [2.05, 4.69) is 36.9 Å². The van der Waals surface area contributed by atoms with Crippen LogP contribution in [0.4, 0.5) is 11.6 Å². The van der Waals surface area contributed by atoms with Crippen LogP contribution in [0.2, 0.25) is 0 Å². The largest absolute Gasteiger partial charge is 0.383 e. The van der Waals surface area contributed by atoms with Gasteiger partial charge in [0.1, 0.15) is 29.3 Å². The number of pyridine rings is 4. The summed E-state index contributed by atoms with van der Waals surface area (Å²) in [4.78, 5) is 54.8. The van der Waals surface area contributed by atoms with Gasteiger partial charge in [-0.05, 0) is 105 Å². The first-order valence-corrected chi connectivity index (χ1v) is 20.1. The van der Waals surface area contributed by atoms with Crippen LogP contribution in [0.15, 0.2) is 73.1 Å². The molecule has 4 aromatic heterocycles. The van der Waals surface area contributed by atoms with E-state index in [-0.39, 0.29) is 49.2 Å². The Kier molecular flexibility index (Phi) is 10.0. The monoisotopic (exact) mass is 799 g/mol. The number of hydrogen-bond donors (Lipinski definition) is 2. The van der Waals surface area contributed by atoms with E-state index in [1.54, 1.807) is 29.3 Å². The van der Waals surface area contributed by atoms with Gasteiger partial charge in [0.15, 0.2) is 0 Å². The molecule has 0 bridgehead atoms. The molecular formula is C46H43N10O4+. The normalized spacial score (nSPS) is 17.0. The van der Waals surface area contributed by atoms with Gasteiger partial charge in [0.2, 0.25) is 0 Å². The maximum absolute atomic E-state index is 14.3. The van der Waals surface area contributed by atoms with Crippen LogP contribution in [0, 0.1) is 17.4 Å². The first-order valence-electron chi connectivity index (χ1n) is 20.1. The van der Waals surface area contributed by atoms with Gasteiger partial charge in [0.05, 0.1) is 66.5 Å². The number of carbonyl (C=O) groups is 2. The van der Waals surface area contributed by atoms with Gasteiger partial charge in [-0.25, -0.2) is 9.97 Å². The van der Waals surface area contributed by atoms with Crippen molar-refractivity contribution in [2.45, 2.75) is 84.2 Å². The Morgan fingerprint density at radius 2 is 1.35 bits per heavy atom. The van der Waals surface area contributed by atoms with Crippen LogP contribution in [0.1, 0.15) is 111 Å². The number of amides is 2. The molecule has 14 nitrogen and oxygen atoms in total. The van der Waals surface area contributed by atoms with Crippen LogP contribution in [0.3, 0.4) is 0 Å². The molecule has 60 heavy (non-hydrogen) atoms. The van der Waals surface area contributed by atoms with Crippen LogP contribution >= 0.6 is 0 Å². The fraction of sp³-hybridized carbons (Fsp3) is 0.304. The third-order valence-electron chi connectivity index (χ3n) is 11.6. The molecule has 0 radical (unpaired) electrons. The number of nitrogens with two attached hydrogens (primary N) is 2. The Hall–Kier alpha value is -7.00. The highest BCUT2D eigenvalue weighted by atomic mass is 16.5. The van der Waals surface area contributed by atoms with Crippen molar-refractivity contribution in [2.24, 2.45) is 0 Å². The molecule has 2 aromatic carbocycles. The molecular weight excluding hydrogens is 757 g/mol. The fourth-order valence-corrected chi connectivity index (χ4v) is 8.19. The molecule has 3 atom stereocenters. The number of nitrogens with zero attached hydrogens (tertiary/aromatic N) is 8. The molecule has 1 fully saturated rings. The predicted molar refractivity (Wildman–Crippen MR) is 225 cm³/mol. The van der Waals surface area contributed by atoms with Gasteiger partial charge in [-0.3, -0.25) is 19.6 Å². The van der Waals surface area contributed by atoms with Crippen molar-refractivity contribution in [3.63, 3.8) is 0 Å². The highest BCUT2D eigenvalue weighted by Crippen LogP contribution is 2.40. The summed E-state index contributed by atoms with van der Waals surface area (Å²) in [5.74, 6) is 0.644. The number of hydrogen-bond acceptors (Lipinski definition) is 11. The van der Waals surface area contributed by atoms with Crippen LogP contribution in [-0.2, 0) is 35.8 Å². The summed E-state index contributed by atoms with van der Waals surface area (Å²) in [6.07, 6.45) is 4.76. The Morgan fingerprint density at radius 1 is 0.800 bits per heavy atom. The lowest BCUT2D eigenvalue weighted by atomic mass is 9.99. The molecule has 6 aromatic rings. The Bertz CT molecular complexity index is 2810. The van der Waals surface area contributed by atoms with Crippen LogP contribution in [-0.4, -0.2) is 60.2 Å². The third-order valence-corrected chi connectivity index (χ3v) is 11.6. The van der Waals surface area contributed by atoms with E-state index >= 15 is 0 Å². The molecule has 6 heterocycles. The van der Waals surface area contributed by atoms with E-state index in [1.165, 1.54) is 6.20 Å². The van der Waals surface area contributed by atoms with E-state index in [9.17, 15) is 14.9 Å². The van der Waals surface area contributed by atoms with Gasteiger partial charge in [0, 0.05) is 51.5 Å². The molecule has 0 saturated heterocycles. The summed E-state index contributed by atoms with van der Waals surface area (Å²) in [5, 5.41) is 11.0. The zero-order chi connectivity index (χ0) is 41.7.